The quantitative estimate of drug-likeness (QED) is 0.773. The fraction of sp³-hybridized carbons (Fsp3) is 0.533. The van der Waals surface area contributed by atoms with Gasteiger partial charge in [-0.25, -0.2) is 0 Å². The van der Waals surface area contributed by atoms with Gasteiger partial charge >= 0.3 is 5.97 Å². The lowest BCUT2D eigenvalue weighted by Crippen LogP contribution is -2.39. The van der Waals surface area contributed by atoms with Gasteiger partial charge in [-0.15, -0.1) is 0 Å². The Morgan fingerprint density at radius 1 is 1.42 bits per heavy atom. The number of rotatable bonds is 7. The second kappa shape index (κ2) is 8.33. The highest BCUT2D eigenvalue weighted by molar-refractivity contribution is 9.10. The largest absolute Gasteiger partial charge is 0.468 e. The van der Waals surface area contributed by atoms with Crippen LogP contribution in [0.4, 0.5) is 0 Å². The molecule has 1 aromatic rings. The SMILES string of the molecule is CCCCC(N[C@@H](C)c1ccccc1Br)C(=O)OC. The summed E-state index contributed by atoms with van der Waals surface area (Å²) in [4.78, 5) is 11.8. The molecule has 0 aromatic heterocycles. The number of halogens is 1. The molecule has 1 N–H and O–H groups in total. The first-order valence-electron chi connectivity index (χ1n) is 6.68. The number of hydrogen-bond donors (Lipinski definition) is 1. The molecule has 0 aliphatic carbocycles. The minimum absolute atomic E-state index is 0.0940. The van der Waals surface area contributed by atoms with Crippen molar-refractivity contribution in [1.82, 2.24) is 5.32 Å². The van der Waals surface area contributed by atoms with E-state index in [4.69, 9.17) is 4.74 Å². The number of nitrogens with one attached hydrogen (secondary N) is 1. The maximum atomic E-state index is 11.8. The van der Waals surface area contributed by atoms with Crippen LogP contribution < -0.4 is 5.32 Å². The zero-order valence-corrected chi connectivity index (χ0v) is 13.4. The Bertz CT molecular complexity index is 409. The van der Waals surface area contributed by atoms with Crippen LogP contribution in [0.5, 0.6) is 0 Å². The molecular weight excluding hydrogens is 306 g/mol. The molecule has 0 aliphatic heterocycles. The molecule has 0 heterocycles. The standard InChI is InChI=1S/C15H22BrNO2/c1-4-5-10-14(15(18)19-3)17-11(2)12-8-6-7-9-13(12)16/h6-9,11,14,17H,4-5,10H2,1-3H3/t11-,14?/m0/s1. The van der Waals surface area contributed by atoms with Gasteiger partial charge in [0.05, 0.1) is 7.11 Å². The summed E-state index contributed by atoms with van der Waals surface area (Å²) in [5.41, 5.74) is 1.15. The molecule has 0 spiro atoms. The van der Waals surface area contributed by atoms with Gasteiger partial charge in [0.2, 0.25) is 0 Å². The molecule has 106 valence electrons. The van der Waals surface area contributed by atoms with E-state index in [1.807, 2.05) is 18.2 Å². The van der Waals surface area contributed by atoms with E-state index in [9.17, 15) is 4.79 Å². The number of unbranched alkanes of at least 4 members (excludes halogenated alkanes) is 1. The first-order valence-corrected chi connectivity index (χ1v) is 7.47. The number of carbonyl (C=O) groups excluding carboxylic acids is 1. The van der Waals surface area contributed by atoms with Crippen LogP contribution in [0.25, 0.3) is 0 Å². The maximum Gasteiger partial charge on any atom is 0.322 e. The van der Waals surface area contributed by atoms with Crippen molar-refractivity contribution >= 4 is 21.9 Å². The first-order chi connectivity index (χ1) is 9.10. The Balaban J connectivity index is 2.72. The highest BCUT2D eigenvalue weighted by atomic mass is 79.9. The summed E-state index contributed by atoms with van der Waals surface area (Å²) < 4.78 is 5.91. The van der Waals surface area contributed by atoms with Crippen molar-refractivity contribution in [2.45, 2.75) is 45.2 Å². The molecule has 1 aromatic carbocycles. The Hall–Kier alpha value is -0.870. The average Bonchev–Trinajstić information content (AvgIpc) is 2.42. The van der Waals surface area contributed by atoms with Crippen LogP contribution in [0.3, 0.4) is 0 Å². The van der Waals surface area contributed by atoms with Crippen LogP contribution in [-0.4, -0.2) is 19.1 Å². The lowest BCUT2D eigenvalue weighted by molar-refractivity contribution is -0.143. The third kappa shape index (κ3) is 4.96. The monoisotopic (exact) mass is 327 g/mol. The zero-order chi connectivity index (χ0) is 14.3. The average molecular weight is 328 g/mol. The molecule has 0 amide bonds. The van der Waals surface area contributed by atoms with Crippen LogP contribution in [0, 0.1) is 0 Å². The van der Waals surface area contributed by atoms with Crippen LogP contribution in [0.2, 0.25) is 0 Å². The fourth-order valence-electron chi connectivity index (χ4n) is 2.04. The topological polar surface area (TPSA) is 38.3 Å². The minimum Gasteiger partial charge on any atom is -0.468 e. The summed E-state index contributed by atoms with van der Waals surface area (Å²) in [6, 6.07) is 7.89. The third-order valence-electron chi connectivity index (χ3n) is 3.15. The summed E-state index contributed by atoms with van der Waals surface area (Å²) in [6.45, 7) is 4.17. The molecule has 2 atom stereocenters. The number of carbonyl (C=O) groups is 1. The smallest absolute Gasteiger partial charge is 0.322 e. The van der Waals surface area contributed by atoms with Crippen molar-refractivity contribution in [1.29, 1.82) is 0 Å². The number of ether oxygens (including phenoxy) is 1. The van der Waals surface area contributed by atoms with E-state index in [0.29, 0.717) is 0 Å². The van der Waals surface area contributed by atoms with Gasteiger partial charge in [0.1, 0.15) is 6.04 Å². The van der Waals surface area contributed by atoms with Crippen molar-refractivity contribution in [3.63, 3.8) is 0 Å². The molecule has 0 saturated heterocycles. The van der Waals surface area contributed by atoms with Gasteiger partial charge in [0.25, 0.3) is 0 Å². The normalized spacial score (nSPS) is 13.9. The van der Waals surface area contributed by atoms with E-state index in [1.165, 1.54) is 7.11 Å². The first kappa shape index (κ1) is 16.2. The second-order valence-electron chi connectivity index (χ2n) is 4.63. The molecule has 19 heavy (non-hydrogen) atoms. The van der Waals surface area contributed by atoms with E-state index in [2.05, 4.69) is 41.2 Å². The van der Waals surface area contributed by atoms with Gasteiger partial charge in [0, 0.05) is 10.5 Å². The Kier molecular flexibility index (Phi) is 7.10. The van der Waals surface area contributed by atoms with Crippen LogP contribution in [-0.2, 0) is 9.53 Å². The van der Waals surface area contributed by atoms with Gasteiger partial charge in [-0.3, -0.25) is 10.1 Å². The van der Waals surface area contributed by atoms with Gasteiger partial charge in [-0.05, 0) is 25.0 Å². The van der Waals surface area contributed by atoms with Crippen molar-refractivity contribution in [2.24, 2.45) is 0 Å². The maximum absolute atomic E-state index is 11.8. The van der Waals surface area contributed by atoms with Gasteiger partial charge in [0.15, 0.2) is 0 Å². The van der Waals surface area contributed by atoms with E-state index in [1.54, 1.807) is 0 Å². The van der Waals surface area contributed by atoms with Crippen LogP contribution in [0.15, 0.2) is 28.7 Å². The third-order valence-corrected chi connectivity index (χ3v) is 3.88. The molecule has 4 heteroatoms. The number of methoxy groups -OCH3 is 1. The van der Waals surface area contributed by atoms with Crippen molar-refractivity contribution in [3.8, 4) is 0 Å². The van der Waals surface area contributed by atoms with E-state index in [0.717, 1.165) is 29.3 Å². The number of benzene rings is 1. The zero-order valence-electron chi connectivity index (χ0n) is 11.8. The second-order valence-corrected chi connectivity index (χ2v) is 5.48. The lowest BCUT2D eigenvalue weighted by Gasteiger charge is -2.22. The molecule has 1 unspecified atom stereocenters. The molecule has 0 saturated carbocycles. The van der Waals surface area contributed by atoms with Crippen LogP contribution in [0.1, 0.15) is 44.7 Å². The summed E-state index contributed by atoms with van der Waals surface area (Å²) in [5, 5.41) is 3.36. The highest BCUT2D eigenvalue weighted by Crippen LogP contribution is 2.23. The molecular formula is C15H22BrNO2. The van der Waals surface area contributed by atoms with Crippen LogP contribution >= 0.6 is 15.9 Å². The lowest BCUT2D eigenvalue weighted by atomic mass is 10.0. The van der Waals surface area contributed by atoms with E-state index >= 15 is 0 Å². The molecule has 3 nitrogen and oxygen atoms in total. The van der Waals surface area contributed by atoms with E-state index < -0.39 is 0 Å². The number of esters is 1. The predicted molar refractivity (Wildman–Crippen MR) is 81.0 cm³/mol. The Morgan fingerprint density at radius 3 is 2.68 bits per heavy atom. The molecule has 0 aliphatic rings. The van der Waals surface area contributed by atoms with Gasteiger partial charge in [-0.2, -0.15) is 0 Å². The van der Waals surface area contributed by atoms with Gasteiger partial charge in [-0.1, -0.05) is 53.9 Å². The molecule has 0 bridgehead atoms. The minimum atomic E-state index is -0.243. The Labute approximate surface area is 123 Å². The molecule has 0 radical (unpaired) electrons. The number of hydrogen-bond acceptors (Lipinski definition) is 3. The van der Waals surface area contributed by atoms with Gasteiger partial charge < -0.3 is 4.74 Å². The Morgan fingerprint density at radius 2 is 2.11 bits per heavy atom. The summed E-state index contributed by atoms with van der Waals surface area (Å²) in [5.74, 6) is -0.188. The van der Waals surface area contributed by atoms with Crippen molar-refractivity contribution in [3.05, 3.63) is 34.3 Å². The fourth-order valence-corrected chi connectivity index (χ4v) is 2.67. The summed E-state index contributed by atoms with van der Waals surface area (Å²) >= 11 is 3.54. The predicted octanol–water partition coefficient (Wildman–Crippen LogP) is 3.83. The van der Waals surface area contributed by atoms with Crippen molar-refractivity contribution in [2.75, 3.05) is 7.11 Å². The molecule has 1 rings (SSSR count). The summed E-state index contributed by atoms with van der Waals surface area (Å²) in [7, 11) is 1.44. The van der Waals surface area contributed by atoms with Crippen molar-refractivity contribution < 1.29 is 9.53 Å². The molecule has 0 fully saturated rings. The summed E-state index contributed by atoms with van der Waals surface area (Å²) in [6.07, 6.45) is 2.88. The van der Waals surface area contributed by atoms with E-state index in [-0.39, 0.29) is 18.1 Å². The highest BCUT2D eigenvalue weighted by Gasteiger charge is 2.21.